The molecule has 120 valence electrons. The van der Waals surface area contributed by atoms with Crippen molar-refractivity contribution < 1.29 is 24.2 Å². The van der Waals surface area contributed by atoms with Gasteiger partial charge in [-0.3, -0.25) is 4.90 Å². The summed E-state index contributed by atoms with van der Waals surface area (Å²) in [6.45, 7) is 5.49. The fourth-order valence-corrected chi connectivity index (χ4v) is 2.46. The fraction of sp³-hybridized carbons (Fsp3) is 0.500. The molecular formula is C16H21NO5. The van der Waals surface area contributed by atoms with Gasteiger partial charge in [0, 0.05) is 12.0 Å². The van der Waals surface area contributed by atoms with E-state index in [1.165, 1.54) is 12.0 Å². The third kappa shape index (κ3) is 3.32. The van der Waals surface area contributed by atoms with E-state index in [2.05, 4.69) is 0 Å². The first kappa shape index (κ1) is 16.1. The van der Waals surface area contributed by atoms with E-state index in [1.54, 1.807) is 32.9 Å². The number of fused-ring (bicyclic) bond motifs is 1. The molecular weight excluding hydrogens is 286 g/mol. The van der Waals surface area contributed by atoms with Crippen LogP contribution >= 0.6 is 0 Å². The van der Waals surface area contributed by atoms with Gasteiger partial charge in [-0.25, -0.2) is 9.59 Å². The van der Waals surface area contributed by atoms with Crippen LogP contribution in [0.15, 0.2) is 18.2 Å². The maximum Gasteiger partial charge on any atom is 0.411 e. The van der Waals surface area contributed by atoms with Gasteiger partial charge in [-0.15, -0.1) is 0 Å². The lowest BCUT2D eigenvalue weighted by Crippen LogP contribution is -2.50. The number of hydrogen-bond acceptors (Lipinski definition) is 5. The molecule has 1 aliphatic heterocycles. The van der Waals surface area contributed by atoms with Gasteiger partial charge in [0.05, 0.1) is 13.7 Å². The number of carbonyl (C=O) groups is 2. The zero-order chi connectivity index (χ0) is 16.5. The summed E-state index contributed by atoms with van der Waals surface area (Å²) in [4.78, 5) is 25.7. The number of amides is 1. The van der Waals surface area contributed by atoms with Crippen molar-refractivity contribution in [3.05, 3.63) is 29.3 Å². The number of ether oxygens (including phenoxy) is 2. The summed E-state index contributed by atoms with van der Waals surface area (Å²) in [6.07, 6.45) is -0.370. The number of phenolic OH excluding ortho intramolecular Hbond substituents is 1. The molecule has 1 aromatic rings. The number of aromatic hydroxyl groups is 1. The van der Waals surface area contributed by atoms with Crippen molar-refractivity contribution in [3.63, 3.8) is 0 Å². The van der Waals surface area contributed by atoms with Crippen LogP contribution in [0.5, 0.6) is 5.75 Å². The van der Waals surface area contributed by atoms with Gasteiger partial charge in [0.15, 0.2) is 0 Å². The van der Waals surface area contributed by atoms with Crippen LogP contribution in [0.2, 0.25) is 0 Å². The Kier molecular flexibility index (Phi) is 4.30. The van der Waals surface area contributed by atoms with Gasteiger partial charge >= 0.3 is 12.1 Å². The molecule has 6 heteroatoms. The molecule has 1 aromatic carbocycles. The predicted molar refractivity (Wildman–Crippen MR) is 79.4 cm³/mol. The van der Waals surface area contributed by atoms with E-state index < -0.39 is 23.7 Å². The summed E-state index contributed by atoms with van der Waals surface area (Å²) in [6, 6.07) is 4.29. The Bertz CT molecular complexity index is 591. The Morgan fingerprint density at radius 3 is 2.59 bits per heavy atom. The van der Waals surface area contributed by atoms with Crippen molar-refractivity contribution in [3.8, 4) is 5.75 Å². The first-order valence-electron chi connectivity index (χ1n) is 7.10. The van der Waals surface area contributed by atoms with Crippen molar-refractivity contribution >= 4 is 12.1 Å². The van der Waals surface area contributed by atoms with Gasteiger partial charge in [0.2, 0.25) is 0 Å². The summed E-state index contributed by atoms with van der Waals surface area (Å²) in [5.74, 6) is -0.407. The zero-order valence-electron chi connectivity index (χ0n) is 13.3. The molecule has 22 heavy (non-hydrogen) atoms. The Morgan fingerprint density at radius 1 is 1.32 bits per heavy atom. The second kappa shape index (κ2) is 5.87. The second-order valence-electron chi connectivity index (χ2n) is 6.27. The standard InChI is InChI=1S/C16H21NO5/c1-16(2,3)22-15(20)17-9-10-6-5-7-13(18)11(10)8-12(17)14(19)21-4/h5-7,12,18H,8-9H2,1-4H3. The summed E-state index contributed by atoms with van der Waals surface area (Å²) in [5, 5.41) is 9.95. The Labute approximate surface area is 129 Å². The van der Waals surface area contributed by atoms with E-state index in [4.69, 9.17) is 9.47 Å². The monoisotopic (exact) mass is 307 g/mol. The average Bonchev–Trinajstić information content (AvgIpc) is 2.44. The minimum Gasteiger partial charge on any atom is -0.508 e. The molecule has 0 aliphatic carbocycles. The average molecular weight is 307 g/mol. The number of hydrogen-bond donors (Lipinski definition) is 1. The second-order valence-corrected chi connectivity index (χ2v) is 6.27. The number of carbonyl (C=O) groups excluding carboxylic acids is 2. The van der Waals surface area contributed by atoms with Crippen LogP contribution in [0.25, 0.3) is 0 Å². The lowest BCUT2D eigenvalue weighted by Gasteiger charge is -2.36. The largest absolute Gasteiger partial charge is 0.508 e. The maximum atomic E-state index is 12.4. The summed E-state index contributed by atoms with van der Waals surface area (Å²) in [7, 11) is 1.27. The van der Waals surface area contributed by atoms with Crippen molar-refractivity contribution in [1.29, 1.82) is 0 Å². The molecule has 6 nitrogen and oxygen atoms in total. The number of nitrogens with zero attached hydrogens (tertiary/aromatic N) is 1. The van der Waals surface area contributed by atoms with Crippen LogP contribution in [0.3, 0.4) is 0 Å². The van der Waals surface area contributed by atoms with Crippen molar-refractivity contribution in [2.24, 2.45) is 0 Å². The third-order valence-electron chi connectivity index (χ3n) is 3.46. The van der Waals surface area contributed by atoms with Gasteiger partial charge < -0.3 is 14.6 Å². The maximum absolute atomic E-state index is 12.4. The molecule has 0 bridgehead atoms. The molecule has 0 radical (unpaired) electrons. The van der Waals surface area contributed by atoms with Gasteiger partial charge in [0.25, 0.3) is 0 Å². The Morgan fingerprint density at radius 2 is 2.00 bits per heavy atom. The minimum atomic E-state index is -0.805. The Balaban J connectivity index is 2.34. The van der Waals surface area contributed by atoms with Crippen molar-refractivity contribution in [1.82, 2.24) is 4.90 Å². The smallest absolute Gasteiger partial charge is 0.411 e. The quantitative estimate of drug-likeness (QED) is 0.805. The topological polar surface area (TPSA) is 76.1 Å². The fourth-order valence-electron chi connectivity index (χ4n) is 2.46. The molecule has 1 amide bonds. The van der Waals surface area contributed by atoms with Gasteiger partial charge in [0.1, 0.15) is 17.4 Å². The Hall–Kier alpha value is -2.24. The summed E-state index contributed by atoms with van der Waals surface area (Å²) in [5.41, 5.74) is 0.806. The van der Waals surface area contributed by atoms with Crippen LogP contribution in [-0.4, -0.2) is 40.8 Å². The molecule has 0 aromatic heterocycles. The normalized spacial score (nSPS) is 17.6. The summed E-state index contributed by atoms with van der Waals surface area (Å²) < 4.78 is 10.1. The molecule has 1 aliphatic rings. The predicted octanol–water partition coefficient (Wildman–Crippen LogP) is 2.23. The molecule has 1 N–H and O–H groups in total. The minimum absolute atomic E-state index is 0.121. The highest BCUT2D eigenvalue weighted by Gasteiger charge is 2.38. The van der Waals surface area contributed by atoms with Crippen LogP contribution < -0.4 is 0 Å². The van der Waals surface area contributed by atoms with Crippen molar-refractivity contribution in [2.45, 2.75) is 45.4 Å². The lowest BCUT2D eigenvalue weighted by atomic mass is 9.93. The van der Waals surface area contributed by atoms with E-state index in [0.29, 0.717) is 5.56 Å². The zero-order valence-corrected chi connectivity index (χ0v) is 13.3. The number of rotatable bonds is 1. The molecule has 1 unspecified atom stereocenters. The van der Waals surface area contributed by atoms with E-state index >= 15 is 0 Å². The van der Waals surface area contributed by atoms with Crippen LogP contribution in [-0.2, 0) is 27.2 Å². The van der Waals surface area contributed by atoms with Crippen LogP contribution in [0, 0.1) is 0 Å². The molecule has 0 saturated carbocycles. The number of esters is 1. The number of methoxy groups -OCH3 is 1. The first-order chi connectivity index (χ1) is 10.2. The van der Waals surface area contributed by atoms with Crippen LogP contribution in [0.1, 0.15) is 31.9 Å². The van der Waals surface area contributed by atoms with Gasteiger partial charge in [-0.05, 0) is 32.4 Å². The summed E-state index contributed by atoms with van der Waals surface area (Å²) >= 11 is 0. The van der Waals surface area contributed by atoms with Crippen molar-refractivity contribution in [2.75, 3.05) is 7.11 Å². The van der Waals surface area contributed by atoms with E-state index in [1.807, 2.05) is 6.07 Å². The first-order valence-corrected chi connectivity index (χ1v) is 7.10. The highest BCUT2D eigenvalue weighted by atomic mass is 16.6. The molecule has 0 saturated heterocycles. The van der Waals surface area contributed by atoms with Gasteiger partial charge in [-0.2, -0.15) is 0 Å². The highest BCUT2D eigenvalue weighted by molar-refractivity contribution is 5.82. The lowest BCUT2D eigenvalue weighted by molar-refractivity contribution is -0.147. The highest BCUT2D eigenvalue weighted by Crippen LogP contribution is 2.31. The molecule has 0 spiro atoms. The van der Waals surface area contributed by atoms with E-state index in [9.17, 15) is 14.7 Å². The van der Waals surface area contributed by atoms with Gasteiger partial charge in [-0.1, -0.05) is 12.1 Å². The number of phenols is 1. The van der Waals surface area contributed by atoms with E-state index in [0.717, 1.165) is 5.56 Å². The third-order valence-corrected chi connectivity index (χ3v) is 3.46. The SMILES string of the molecule is COC(=O)C1Cc2c(O)cccc2CN1C(=O)OC(C)(C)C. The molecule has 1 atom stereocenters. The molecule has 1 heterocycles. The number of benzene rings is 1. The van der Waals surface area contributed by atoms with E-state index in [-0.39, 0.29) is 18.7 Å². The van der Waals surface area contributed by atoms with Crippen LogP contribution in [0.4, 0.5) is 4.79 Å². The molecule has 2 rings (SSSR count). The molecule has 0 fully saturated rings.